The Labute approximate surface area is 131 Å². The van der Waals surface area contributed by atoms with Crippen LogP contribution >= 0.6 is 0 Å². The molecule has 8 heteroatoms. The predicted octanol–water partition coefficient (Wildman–Crippen LogP) is 2.84. The highest BCUT2D eigenvalue weighted by Crippen LogP contribution is 2.23. The highest BCUT2D eigenvalue weighted by molar-refractivity contribution is 6.04. The molecule has 23 heavy (non-hydrogen) atoms. The molecular weight excluding hydrogens is 311 g/mol. The third kappa shape index (κ3) is 4.43. The maximum atomic E-state index is 12.6. The average Bonchev–Trinajstić information content (AvgIpc) is 2.71. The number of alkyl halides is 3. The Bertz CT molecular complexity index is 590. The van der Waals surface area contributed by atoms with E-state index in [0.29, 0.717) is 19.0 Å². The van der Waals surface area contributed by atoms with Crippen LogP contribution in [-0.2, 0) is 4.79 Å². The number of anilines is 1. The van der Waals surface area contributed by atoms with Crippen LogP contribution in [0.25, 0.3) is 0 Å². The fraction of sp³-hybridized carbons (Fsp3) is 0.533. The van der Waals surface area contributed by atoms with E-state index in [0.717, 1.165) is 25.5 Å². The van der Waals surface area contributed by atoms with Crippen LogP contribution in [0.2, 0.25) is 0 Å². The Morgan fingerprint density at radius 3 is 2.74 bits per heavy atom. The van der Waals surface area contributed by atoms with Crippen molar-refractivity contribution < 1.29 is 22.8 Å². The first-order valence-corrected chi connectivity index (χ1v) is 7.40. The molecule has 1 aromatic rings. The fourth-order valence-electron chi connectivity index (χ4n) is 2.51. The number of aromatic nitrogens is 1. The highest BCUT2D eigenvalue weighted by Gasteiger charge is 2.39. The first-order chi connectivity index (χ1) is 10.8. The largest absolute Gasteiger partial charge is 0.471 e. The quantitative estimate of drug-likeness (QED) is 0.907. The summed E-state index contributed by atoms with van der Waals surface area (Å²) in [5, 5.41) is 1.72. The van der Waals surface area contributed by atoms with Crippen molar-refractivity contribution in [3.63, 3.8) is 0 Å². The Hall–Kier alpha value is -2.12. The number of hydrogen-bond donors (Lipinski definition) is 1. The number of nitrogens with zero attached hydrogens (tertiary/aromatic N) is 2. The van der Waals surface area contributed by atoms with Crippen LogP contribution in [0.1, 0.15) is 36.5 Å². The van der Waals surface area contributed by atoms with Crippen molar-refractivity contribution in [2.24, 2.45) is 5.92 Å². The second-order valence-electron chi connectivity index (χ2n) is 5.70. The third-order valence-electron chi connectivity index (χ3n) is 3.86. The third-order valence-corrected chi connectivity index (χ3v) is 3.86. The van der Waals surface area contributed by atoms with Crippen molar-refractivity contribution in [3.05, 3.63) is 24.0 Å². The van der Waals surface area contributed by atoms with E-state index in [-0.39, 0.29) is 17.2 Å². The summed E-state index contributed by atoms with van der Waals surface area (Å²) in [5.74, 6) is -2.00. The molecule has 0 aliphatic carbocycles. The molecule has 1 fully saturated rings. The number of amides is 2. The molecular formula is C15H18F3N3O2. The fourth-order valence-corrected chi connectivity index (χ4v) is 2.51. The van der Waals surface area contributed by atoms with Crippen molar-refractivity contribution in [2.45, 2.75) is 32.4 Å². The summed E-state index contributed by atoms with van der Waals surface area (Å²) in [4.78, 5) is 29.0. The average molecular weight is 329 g/mol. The number of halogens is 3. The second kappa shape index (κ2) is 6.97. The molecule has 1 aliphatic heterocycles. The van der Waals surface area contributed by atoms with Crippen molar-refractivity contribution in [3.8, 4) is 0 Å². The van der Waals surface area contributed by atoms with Crippen molar-refractivity contribution in [1.29, 1.82) is 0 Å². The van der Waals surface area contributed by atoms with Gasteiger partial charge in [-0.15, -0.1) is 0 Å². The van der Waals surface area contributed by atoms with Gasteiger partial charge in [-0.05, 0) is 31.2 Å². The lowest BCUT2D eigenvalue weighted by Crippen LogP contribution is -2.34. The maximum absolute atomic E-state index is 12.6. The van der Waals surface area contributed by atoms with Gasteiger partial charge in [0.25, 0.3) is 5.91 Å². The van der Waals surface area contributed by atoms with Crippen LogP contribution in [0.4, 0.5) is 18.9 Å². The highest BCUT2D eigenvalue weighted by atomic mass is 19.4. The zero-order chi connectivity index (χ0) is 17.0. The van der Waals surface area contributed by atoms with Gasteiger partial charge in [0.1, 0.15) is 0 Å². The molecule has 2 heterocycles. The van der Waals surface area contributed by atoms with Crippen molar-refractivity contribution in [2.75, 3.05) is 18.4 Å². The lowest BCUT2D eigenvalue weighted by atomic mass is 10.0. The molecule has 0 saturated carbocycles. The minimum absolute atomic E-state index is 0.0205. The van der Waals surface area contributed by atoms with E-state index >= 15 is 0 Å². The summed E-state index contributed by atoms with van der Waals surface area (Å²) in [6.07, 6.45) is 0.0591. The second-order valence-corrected chi connectivity index (χ2v) is 5.70. The smallest absolute Gasteiger partial charge is 0.339 e. The van der Waals surface area contributed by atoms with Crippen molar-refractivity contribution >= 4 is 17.5 Å². The van der Waals surface area contributed by atoms with E-state index in [1.54, 1.807) is 10.2 Å². The standard InChI is InChI=1S/C15H18F3N3O2/c1-10-3-2-7-21(8-5-10)13(22)11-4-6-19-9-12(11)20-14(23)15(16,17)18/h4,6,9-10H,2-3,5,7-8H2,1H3,(H,20,23). The van der Waals surface area contributed by atoms with Gasteiger partial charge < -0.3 is 10.2 Å². The van der Waals surface area contributed by atoms with Gasteiger partial charge >= 0.3 is 12.1 Å². The van der Waals surface area contributed by atoms with Gasteiger partial charge in [-0.3, -0.25) is 14.6 Å². The molecule has 1 atom stereocenters. The maximum Gasteiger partial charge on any atom is 0.471 e. The molecule has 0 bridgehead atoms. The Morgan fingerprint density at radius 1 is 1.30 bits per heavy atom. The summed E-state index contributed by atoms with van der Waals surface area (Å²) in [6, 6.07) is 1.32. The topological polar surface area (TPSA) is 62.3 Å². The van der Waals surface area contributed by atoms with Crippen LogP contribution in [-0.4, -0.2) is 41.0 Å². The molecule has 0 aromatic carbocycles. The van der Waals surface area contributed by atoms with Crippen LogP contribution in [0.15, 0.2) is 18.5 Å². The van der Waals surface area contributed by atoms with E-state index in [9.17, 15) is 22.8 Å². The first kappa shape index (κ1) is 17.2. The number of likely N-dealkylation sites (tertiary alicyclic amines) is 1. The first-order valence-electron chi connectivity index (χ1n) is 7.40. The number of carbonyl (C=O) groups is 2. The van der Waals surface area contributed by atoms with E-state index in [4.69, 9.17) is 0 Å². The number of rotatable bonds is 2. The van der Waals surface area contributed by atoms with Gasteiger partial charge in [0.2, 0.25) is 0 Å². The summed E-state index contributed by atoms with van der Waals surface area (Å²) in [6.45, 7) is 3.21. The van der Waals surface area contributed by atoms with Gasteiger partial charge in [-0.25, -0.2) is 0 Å². The van der Waals surface area contributed by atoms with Crippen LogP contribution in [0.5, 0.6) is 0 Å². The molecule has 0 spiro atoms. The van der Waals surface area contributed by atoms with Crippen LogP contribution < -0.4 is 5.32 Å². The minimum Gasteiger partial charge on any atom is -0.339 e. The summed E-state index contributed by atoms with van der Waals surface area (Å²) in [7, 11) is 0. The van der Waals surface area contributed by atoms with Gasteiger partial charge in [-0.1, -0.05) is 6.92 Å². The molecule has 0 radical (unpaired) electrons. The Kier molecular flexibility index (Phi) is 5.23. The normalized spacial score (nSPS) is 19.1. The molecule has 5 nitrogen and oxygen atoms in total. The predicted molar refractivity (Wildman–Crippen MR) is 77.8 cm³/mol. The van der Waals surface area contributed by atoms with Gasteiger partial charge in [-0.2, -0.15) is 13.2 Å². The van der Waals surface area contributed by atoms with Crippen molar-refractivity contribution in [1.82, 2.24) is 9.88 Å². The van der Waals surface area contributed by atoms with E-state index in [1.807, 2.05) is 0 Å². The lowest BCUT2D eigenvalue weighted by molar-refractivity contribution is -0.167. The molecule has 1 aliphatic rings. The summed E-state index contributed by atoms with van der Waals surface area (Å²) in [5.41, 5.74) is -0.204. The lowest BCUT2D eigenvalue weighted by Gasteiger charge is -2.22. The molecule has 2 amide bonds. The molecule has 2 rings (SSSR count). The number of carbonyl (C=O) groups excluding carboxylic acids is 2. The van der Waals surface area contributed by atoms with Crippen LogP contribution in [0.3, 0.4) is 0 Å². The summed E-state index contributed by atoms with van der Waals surface area (Å²) < 4.78 is 37.2. The number of hydrogen-bond acceptors (Lipinski definition) is 3. The Morgan fingerprint density at radius 2 is 2.04 bits per heavy atom. The zero-order valence-corrected chi connectivity index (χ0v) is 12.7. The zero-order valence-electron chi connectivity index (χ0n) is 12.7. The number of pyridine rings is 1. The van der Waals surface area contributed by atoms with Gasteiger partial charge in [0.15, 0.2) is 0 Å². The number of nitrogens with one attached hydrogen (secondary N) is 1. The molecule has 1 aromatic heterocycles. The summed E-state index contributed by atoms with van der Waals surface area (Å²) >= 11 is 0. The van der Waals surface area contributed by atoms with Gasteiger partial charge in [0.05, 0.1) is 17.4 Å². The minimum atomic E-state index is -5.02. The van der Waals surface area contributed by atoms with E-state index in [2.05, 4.69) is 11.9 Å². The van der Waals surface area contributed by atoms with E-state index < -0.39 is 12.1 Å². The molecule has 1 saturated heterocycles. The SMILES string of the molecule is CC1CCCN(C(=O)c2ccncc2NC(=O)C(F)(F)F)CC1. The molecule has 1 unspecified atom stereocenters. The Balaban J connectivity index is 2.19. The van der Waals surface area contributed by atoms with E-state index in [1.165, 1.54) is 12.3 Å². The van der Waals surface area contributed by atoms with Gasteiger partial charge in [0, 0.05) is 19.3 Å². The molecule has 126 valence electrons. The molecule has 1 N–H and O–H groups in total. The monoisotopic (exact) mass is 329 g/mol. The van der Waals surface area contributed by atoms with Crippen LogP contribution in [0, 0.1) is 5.92 Å².